The Kier molecular flexibility index (Phi) is 5.26. The third kappa shape index (κ3) is 3.28. The Morgan fingerprint density at radius 2 is 2.33 bits per heavy atom. The van der Waals surface area contributed by atoms with Gasteiger partial charge in [-0.3, -0.25) is 0 Å². The SMILES string of the molecule is CSCC(C)N(C)c1ncccc1CCl. The predicted octanol–water partition coefficient (Wildman–Crippen LogP) is 3.01. The molecule has 0 aromatic carbocycles. The van der Waals surface area contributed by atoms with E-state index in [-0.39, 0.29) is 0 Å². The molecule has 4 heteroatoms. The zero-order valence-electron chi connectivity index (χ0n) is 9.40. The number of hydrogen-bond acceptors (Lipinski definition) is 3. The van der Waals surface area contributed by atoms with E-state index in [1.54, 1.807) is 0 Å². The van der Waals surface area contributed by atoms with Crippen molar-refractivity contribution < 1.29 is 0 Å². The zero-order chi connectivity index (χ0) is 11.3. The second-order valence-corrected chi connectivity index (χ2v) is 4.71. The van der Waals surface area contributed by atoms with Crippen molar-refractivity contribution in [3.05, 3.63) is 23.9 Å². The van der Waals surface area contributed by atoms with Crippen LogP contribution < -0.4 is 4.90 Å². The Hall–Kier alpha value is -0.410. The van der Waals surface area contributed by atoms with Crippen LogP contribution in [-0.2, 0) is 5.88 Å². The molecule has 0 bridgehead atoms. The third-order valence-electron chi connectivity index (χ3n) is 2.41. The van der Waals surface area contributed by atoms with Gasteiger partial charge in [0.2, 0.25) is 0 Å². The van der Waals surface area contributed by atoms with Crippen molar-refractivity contribution in [1.29, 1.82) is 0 Å². The summed E-state index contributed by atoms with van der Waals surface area (Å²) in [7, 11) is 2.07. The van der Waals surface area contributed by atoms with Crippen molar-refractivity contribution >= 4 is 29.2 Å². The fraction of sp³-hybridized carbons (Fsp3) is 0.545. The molecule has 2 nitrogen and oxygen atoms in total. The van der Waals surface area contributed by atoms with Gasteiger partial charge in [-0.05, 0) is 19.2 Å². The van der Waals surface area contributed by atoms with Crippen LogP contribution in [0.3, 0.4) is 0 Å². The van der Waals surface area contributed by atoms with E-state index in [0.29, 0.717) is 11.9 Å². The minimum absolute atomic E-state index is 0.469. The smallest absolute Gasteiger partial charge is 0.132 e. The summed E-state index contributed by atoms with van der Waals surface area (Å²) in [6.07, 6.45) is 3.93. The van der Waals surface area contributed by atoms with Crippen LogP contribution in [0.25, 0.3) is 0 Å². The normalized spacial score (nSPS) is 12.5. The number of alkyl halides is 1. The molecule has 15 heavy (non-hydrogen) atoms. The van der Waals surface area contributed by atoms with Gasteiger partial charge in [-0.15, -0.1) is 11.6 Å². The summed E-state index contributed by atoms with van der Waals surface area (Å²) < 4.78 is 0. The fourth-order valence-corrected chi connectivity index (χ4v) is 2.33. The summed E-state index contributed by atoms with van der Waals surface area (Å²) in [4.78, 5) is 6.57. The second kappa shape index (κ2) is 6.23. The Balaban J connectivity index is 2.84. The van der Waals surface area contributed by atoms with Gasteiger partial charge in [0.25, 0.3) is 0 Å². The summed E-state index contributed by atoms with van der Waals surface area (Å²) in [6, 6.07) is 4.42. The summed E-state index contributed by atoms with van der Waals surface area (Å²) in [6.45, 7) is 2.20. The predicted molar refractivity (Wildman–Crippen MR) is 70.0 cm³/mol. The van der Waals surface area contributed by atoms with Gasteiger partial charge in [-0.25, -0.2) is 4.98 Å². The van der Waals surface area contributed by atoms with Crippen molar-refractivity contribution in [2.24, 2.45) is 0 Å². The lowest BCUT2D eigenvalue weighted by Crippen LogP contribution is -2.32. The Morgan fingerprint density at radius 3 is 2.93 bits per heavy atom. The van der Waals surface area contributed by atoms with E-state index in [1.807, 2.05) is 30.1 Å². The number of hydrogen-bond donors (Lipinski definition) is 0. The van der Waals surface area contributed by atoms with Crippen LogP contribution in [0.4, 0.5) is 5.82 Å². The molecule has 0 saturated carbocycles. The van der Waals surface area contributed by atoms with Crippen LogP contribution in [0, 0.1) is 0 Å². The van der Waals surface area contributed by atoms with Crippen molar-refractivity contribution in [2.75, 3.05) is 24.0 Å². The molecular weight excluding hydrogens is 228 g/mol. The van der Waals surface area contributed by atoms with E-state index < -0.39 is 0 Å². The van der Waals surface area contributed by atoms with E-state index in [0.717, 1.165) is 17.1 Å². The third-order valence-corrected chi connectivity index (χ3v) is 3.52. The molecule has 1 unspecified atom stereocenters. The molecule has 0 aliphatic heterocycles. The Labute approximate surface area is 101 Å². The summed E-state index contributed by atoms with van der Waals surface area (Å²) in [5.74, 6) is 2.60. The number of nitrogens with zero attached hydrogens (tertiary/aromatic N) is 2. The second-order valence-electron chi connectivity index (χ2n) is 3.54. The quantitative estimate of drug-likeness (QED) is 0.741. The van der Waals surface area contributed by atoms with Crippen LogP contribution in [0.15, 0.2) is 18.3 Å². The maximum Gasteiger partial charge on any atom is 0.132 e. The first-order valence-electron chi connectivity index (χ1n) is 4.92. The number of thioether (sulfide) groups is 1. The van der Waals surface area contributed by atoms with Crippen LogP contribution >= 0.6 is 23.4 Å². The van der Waals surface area contributed by atoms with E-state index in [2.05, 4.69) is 30.1 Å². The highest BCUT2D eigenvalue weighted by atomic mass is 35.5. The summed E-state index contributed by atoms with van der Waals surface area (Å²) in [5, 5.41) is 0. The van der Waals surface area contributed by atoms with Crippen LogP contribution in [0.5, 0.6) is 0 Å². The number of rotatable bonds is 5. The fourth-order valence-electron chi connectivity index (χ4n) is 1.41. The molecule has 0 radical (unpaired) electrons. The average Bonchev–Trinajstić information content (AvgIpc) is 2.28. The largest absolute Gasteiger partial charge is 0.356 e. The molecule has 1 heterocycles. The van der Waals surface area contributed by atoms with Crippen molar-refractivity contribution in [2.45, 2.75) is 18.8 Å². The molecule has 1 rings (SSSR count). The van der Waals surface area contributed by atoms with E-state index in [1.165, 1.54) is 0 Å². The maximum absolute atomic E-state index is 5.89. The minimum Gasteiger partial charge on any atom is -0.356 e. The van der Waals surface area contributed by atoms with Gasteiger partial charge in [0.05, 0.1) is 5.88 Å². The highest BCUT2D eigenvalue weighted by Crippen LogP contribution is 2.20. The summed E-state index contributed by atoms with van der Waals surface area (Å²) in [5.41, 5.74) is 1.09. The van der Waals surface area contributed by atoms with Crippen molar-refractivity contribution in [3.8, 4) is 0 Å². The molecule has 1 aromatic heterocycles. The van der Waals surface area contributed by atoms with E-state index in [4.69, 9.17) is 11.6 Å². The molecule has 0 aliphatic carbocycles. The first-order chi connectivity index (χ1) is 7.20. The van der Waals surface area contributed by atoms with Gasteiger partial charge < -0.3 is 4.90 Å². The average molecular weight is 245 g/mol. The number of halogens is 1. The number of anilines is 1. The lowest BCUT2D eigenvalue weighted by atomic mass is 10.2. The van der Waals surface area contributed by atoms with Gasteiger partial charge in [-0.1, -0.05) is 6.07 Å². The monoisotopic (exact) mass is 244 g/mol. The maximum atomic E-state index is 5.89. The molecule has 0 amide bonds. The number of pyridine rings is 1. The first kappa shape index (κ1) is 12.7. The molecule has 0 fully saturated rings. The first-order valence-corrected chi connectivity index (χ1v) is 6.85. The minimum atomic E-state index is 0.469. The molecule has 0 spiro atoms. The topological polar surface area (TPSA) is 16.1 Å². The lowest BCUT2D eigenvalue weighted by Gasteiger charge is -2.26. The molecule has 0 aliphatic rings. The van der Waals surface area contributed by atoms with Crippen LogP contribution in [0.1, 0.15) is 12.5 Å². The number of aromatic nitrogens is 1. The van der Waals surface area contributed by atoms with Gasteiger partial charge in [0.15, 0.2) is 0 Å². The zero-order valence-corrected chi connectivity index (χ0v) is 11.0. The Bertz CT molecular complexity index is 306. The van der Waals surface area contributed by atoms with Crippen LogP contribution in [-0.4, -0.2) is 30.1 Å². The molecule has 1 aromatic rings. The molecular formula is C11H17ClN2S. The lowest BCUT2D eigenvalue weighted by molar-refractivity contribution is 0.750. The van der Waals surface area contributed by atoms with Crippen molar-refractivity contribution in [3.63, 3.8) is 0 Å². The van der Waals surface area contributed by atoms with Gasteiger partial charge >= 0.3 is 0 Å². The molecule has 0 N–H and O–H groups in total. The molecule has 0 saturated heterocycles. The highest BCUT2D eigenvalue weighted by molar-refractivity contribution is 7.98. The Morgan fingerprint density at radius 1 is 1.60 bits per heavy atom. The van der Waals surface area contributed by atoms with E-state index >= 15 is 0 Å². The van der Waals surface area contributed by atoms with Gasteiger partial charge in [0, 0.05) is 30.6 Å². The van der Waals surface area contributed by atoms with Crippen molar-refractivity contribution in [1.82, 2.24) is 4.98 Å². The molecule has 1 atom stereocenters. The summed E-state index contributed by atoms with van der Waals surface area (Å²) >= 11 is 7.73. The van der Waals surface area contributed by atoms with E-state index in [9.17, 15) is 0 Å². The van der Waals surface area contributed by atoms with Crippen LogP contribution in [0.2, 0.25) is 0 Å². The molecule has 84 valence electrons. The standard InChI is InChI=1S/C11H17ClN2S/c1-9(8-15-3)14(2)11-10(7-12)5-4-6-13-11/h4-6,9H,7-8H2,1-3H3. The van der Waals surface area contributed by atoms with Gasteiger partial charge in [0.1, 0.15) is 5.82 Å². The highest BCUT2D eigenvalue weighted by Gasteiger charge is 2.13. The van der Waals surface area contributed by atoms with Gasteiger partial charge in [-0.2, -0.15) is 11.8 Å².